The number of hydrogen-bond acceptors (Lipinski definition) is 4. The first-order valence-electron chi connectivity index (χ1n) is 11.0. The van der Waals surface area contributed by atoms with E-state index < -0.39 is 5.82 Å². The largest absolute Gasteiger partial charge is 0.494 e. The van der Waals surface area contributed by atoms with E-state index in [2.05, 4.69) is 0 Å². The van der Waals surface area contributed by atoms with Gasteiger partial charge < -0.3 is 20.1 Å². The molecule has 7 heteroatoms. The molecule has 2 aromatic carbocycles. The van der Waals surface area contributed by atoms with Crippen LogP contribution in [0.2, 0.25) is 0 Å². The van der Waals surface area contributed by atoms with Gasteiger partial charge in [-0.2, -0.15) is 0 Å². The lowest BCUT2D eigenvalue weighted by Crippen LogP contribution is -2.42. The van der Waals surface area contributed by atoms with Crippen molar-refractivity contribution in [3.8, 4) is 11.5 Å². The number of ether oxygens (including phenoxy) is 2. The number of amidine groups is 1. The Morgan fingerprint density at radius 1 is 0.938 bits per heavy atom. The Hall–Kier alpha value is -3.09. The van der Waals surface area contributed by atoms with Crippen LogP contribution in [0.5, 0.6) is 11.5 Å². The van der Waals surface area contributed by atoms with Gasteiger partial charge in [-0.15, -0.1) is 0 Å². The number of hydrogen-bond donors (Lipinski definition) is 2. The zero-order valence-corrected chi connectivity index (χ0v) is 19.4. The third kappa shape index (κ3) is 7.25. The van der Waals surface area contributed by atoms with Crippen molar-refractivity contribution in [1.29, 1.82) is 5.41 Å². The number of nitrogens with one attached hydrogen (secondary N) is 1. The number of benzene rings is 2. The second-order valence-electron chi connectivity index (χ2n) is 8.24. The van der Waals surface area contributed by atoms with Gasteiger partial charge in [-0.05, 0) is 83.4 Å². The minimum Gasteiger partial charge on any atom is -0.494 e. The highest BCUT2D eigenvalue weighted by atomic mass is 19.1. The van der Waals surface area contributed by atoms with Crippen LogP contribution in [0.4, 0.5) is 4.39 Å². The second-order valence-corrected chi connectivity index (χ2v) is 8.24. The quantitative estimate of drug-likeness (QED) is 0.275. The van der Waals surface area contributed by atoms with Gasteiger partial charge in [-0.3, -0.25) is 10.2 Å². The van der Waals surface area contributed by atoms with E-state index in [0.29, 0.717) is 24.5 Å². The van der Waals surface area contributed by atoms with Crippen molar-refractivity contribution in [3.63, 3.8) is 0 Å². The molecule has 6 nitrogen and oxygen atoms in total. The number of carbonyl (C=O) groups is 1. The lowest BCUT2D eigenvalue weighted by atomic mass is 10.1. The zero-order chi connectivity index (χ0) is 23.7. The van der Waals surface area contributed by atoms with Crippen molar-refractivity contribution in [3.05, 3.63) is 59.4 Å². The van der Waals surface area contributed by atoms with Crippen LogP contribution in [0.3, 0.4) is 0 Å². The molecule has 0 bridgehead atoms. The molecule has 0 aliphatic carbocycles. The number of nitrogen functional groups attached to an aromatic ring is 1. The SMILES string of the molecule is CC(C)N(C(=O)c1ccc(OCCCCCOc2ccc(C(=N)N)cc2)cc1F)C(C)C. The van der Waals surface area contributed by atoms with Gasteiger partial charge in [0, 0.05) is 23.7 Å². The second kappa shape index (κ2) is 12.1. The predicted octanol–water partition coefficient (Wildman–Crippen LogP) is 5.00. The first-order valence-corrected chi connectivity index (χ1v) is 11.0. The topological polar surface area (TPSA) is 88.6 Å². The van der Waals surface area contributed by atoms with Gasteiger partial charge >= 0.3 is 0 Å². The minimum atomic E-state index is -0.567. The highest BCUT2D eigenvalue weighted by Gasteiger charge is 2.24. The van der Waals surface area contributed by atoms with Gasteiger partial charge in [0.2, 0.25) is 0 Å². The molecule has 0 atom stereocenters. The fraction of sp³-hybridized carbons (Fsp3) is 0.440. The van der Waals surface area contributed by atoms with E-state index in [-0.39, 0.29) is 29.4 Å². The Kier molecular flexibility index (Phi) is 9.50. The van der Waals surface area contributed by atoms with Crippen molar-refractivity contribution in [2.45, 2.75) is 59.0 Å². The third-order valence-corrected chi connectivity index (χ3v) is 5.01. The molecule has 0 unspecified atom stereocenters. The van der Waals surface area contributed by atoms with E-state index >= 15 is 0 Å². The highest BCUT2D eigenvalue weighted by Crippen LogP contribution is 2.21. The van der Waals surface area contributed by atoms with E-state index in [1.54, 1.807) is 35.2 Å². The summed E-state index contributed by atoms with van der Waals surface area (Å²) < 4.78 is 25.8. The number of nitrogens with two attached hydrogens (primary N) is 1. The highest BCUT2D eigenvalue weighted by molar-refractivity contribution is 5.95. The maximum absolute atomic E-state index is 14.5. The Morgan fingerprint density at radius 3 is 1.97 bits per heavy atom. The first-order chi connectivity index (χ1) is 15.2. The van der Waals surface area contributed by atoms with Crippen LogP contribution in [0.25, 0.3) is 0 Å². The Balaban J connectivity index is 1.72. The third-order valence-electron chi connectivity index (χ3n) is 5.01. The summed E-state index contributed by atoms with van der Waals surface area (Å²) in [5.74, 6) is 0.315. The van der Waals surface area contributed by atoms with Crippen molar-refractivity contribution in [2.75, 3.05) is 13.2 Å². The Morgan fingerprint density at radius 2 is 1.47 bits per heavy atom. The monoisotopic (exact) mass is 443 g/mol. The van der Waals surface area contributed by atoms with Crippen LogP contribution in [-0.2, 0) is 0 Å². The molecule has 0 aliphatic heterocycles. The molecule has 32 heavy (non-hydrogen) atoms. The number of nitrogens with zero attached hydrogens (tertiary/aromatic N) is 1. The van der Waals surface area contributed by atoms with Crippen LogP contribution in [0.1, 0.15) is 62.9 Å². The Labute approximate surface area is 190 Å². The number of carbonyl (C=O) groups excluding carboxylic acids is 1. The lowest BCUT2D eigenvalue weighted by Gasteiger charge is -2.31. The number of unbranched alkanes of at least 4 members (excludes halogenated alkanes) is 2. The maximum atomic E-state index is 14.5. The van der Waals surface area contributed by atoms with Gasteiger partial charge in [-0.1, -0.05) is 0 Å². The van der Waals surface area contributed by atoms with Crippen LogP contribution in [-0.4, -0.2) is 41.9 Å². The average Bonchev–Trinajstić information content (AvgIpc) is 2.72. The van der Waals surface area contributed by atoms with E-state index in [1.807, 2.05) is 27.7 Å². The molecular weight excluding hydrogens is 409 g/mol. The van der Waals surface area contributed by atoms with Gasteiger partial charge in [0.25, 0.3) is 5.91 Å². The number of halogens is 1. The smallest absolute Gasteiger partial charge is 0.257 e. The fourth-order valence-corrected chi connectivity index (χ4v) is 3.46. The molecule has 1 amide bonds. The van der Waals surface area contributed by atoms with Crippen molar-refractivity contribution < 1.29 is 18.7 Å². The zero-order valence-electron chi connectivity index (χ0n) is 19.4. The van der Waals surface area contributed by atoms with Gasteiger partial charge in [0.05, 0.1) is 18.8 Å². The van der Waals surface area contributed by atoms with E-state index in [9.17, 15) is 9.18 Å². The Bertz CT molecular complexity index is 890. The van der Waals surface area contributed by atoms with Crippen LogP contribution in [0.15, 0.2) is 42.5 Å². The predicted molar refractivity (Wildman–Crippen MR) is 125 cm³/mol. The summed E-state index contributed by atoms with van der Waals surface area (Å²) >= 11 is 0. The van der Waals surface area contributed by atoms with Crippen molar-refractivity contribution >= 4 is 11.7 Å². The molecular formula is C25H34FN3O3. The summed E-state index contributed by atoms with van der Waals surface area (Å²) in [5.41, 5.74) is 6.16. The summed E-state index contributed by atoms with van der Waals surface area (Å²) in [5, 5.41) is 7.38. The lowest BCUT2D eigenvalue weighted by molar-refractivity contribution is 0.0639. The molecule has 174 valence electrons. The summed E-state index contributed by atoms with van der Waals surface area (Å²) in [4.78, 5) is 14.4. The molecule has 3 N–H and O–H groups in total. The molecule has 0 saturated heterocycles. The first kappa shape index (κ1) is 25.2. The normalized spacial score (nSPS) is 11.0. The number of amides is 1. The molecule has 0 aromatic heterocycles. The number of rotatable bonds is 12. The standard InChI is InChI=1S/C25H34FN3O3/c1-17(2)29(18(3)4)25(30)22-13-12-21(16-23(22)26)32-15-7-5-6-14-31-20-10-8-19(9-11-20)24(27)28/h8-13,16-18H,5-7,14-15H2,1-4H3,(H3,27,28). The van der Waals surface area contributed by atoms with Crippen molar-refractivity contribution in [2.24, 2.45) is 5.73 Å². The van der Waals surface area contributed by atoms with E-state index in [4.69, 9.17) is 20.6 Å². The molecule has 0 spiro atoms. The summed E-state index contributed by atoms with van der Waals surface area (Å²) in [6, 6.07) is 11.5. The van der Waals surface area contributed by atoms with Crippen LogP contribution >= 0.6 is 0 Å². The molecule has 0 radical (unpaired) electrons. The summed E-state index contributed by atoms with van der Waals surface area (Å²) in [6.07, 6.45) is 2.57. The van der Waals surface area contributed by atoms with Crippen LogP contribution in [0, 0.1) is 11.2 Å². The van der Waals surface area contributed by atoms with Gasteiger partial charge in [0.1, 0.15) is 23.2 Å². The van der Waals surface area contributed by atoms with E-state index in [1.165, 1.54) is 12.1 Å². The summed E-state index contributed by atoms with van der Waals surface area (Å²) in [7, 11) is 0. The molecule has 0 fully saturated rings. The maximum Gasteiger partial charge on any atom is 0.257 e. The summed E-state index contributed by atoms with van der Waals surface area (Å²) in [6.45, 7) is 8.72. The van der Waals surface area contributed by atoms with E-state index in [0.717, 1.165) is 25.0 Å². The minimum absolute atomic E-state index is 0.0123. The molecule has 0 heterocycles. The molecule has 2 aromatic rings. The molecule has 0 saturated carbocycles. The molecule has 2 rings (SSSR count). The van der Waals surface area contributed by atoms with Crippen LogP contribution < -0.4 is 15.2 Å². The van der Waals surface area contributed by atoms with Gasteiger partial charge in [-0.25, -0.2) is 4.39 Å². The molecule has 0 aliphatic rings. The average molecular weight is 444 g/mol. The fourth-order valence-electron chi connectivity index (χ4n) is 3.46. The van der Waals surface area contributed by atoms with Crippen molar-refractivity contribution in [1.82, 2.24) is 4.90 Å². The van der Waals surface area contributed by atoms with Gasteiger partial charge in [0.15, 0.2) is 0 Å².